The highest BCUT2D eigenvalue weighted by Gasteiger charge is 2.13. The number of nitrogens with one attached hydrogen (secondary N) is 1. The minimum absolute atomic E-state index is 0.310. The molecule has 2 nitrogen and oxygen atoms in total. The largest absolute Gasteiger partial charge is 0.271 e. The van der Waals surface area contributed by atoms with Gasteiger partial charge in [-0.2, -0.15) is 0 Å². The summed E-state index contributed by atoms with van der Waals surface area (Å²) < 4.78 is 28.1. The highest BCUT2D eigenvalue weighted by Crippen LogP contribution is 2.24. The molecule has 0 radical (unpaired) electrons. The maximum atomic E-state index is 13.4. The third-order valence-corrected chi connectivity index (χ3v) is 3.77. The van der Waals surface area contributed by atoms with E-state index in [1.54, 1.807) is 6.07 Å². The smallest absolute Gasteiger partial charge is 0.124 e. The lowest BCUT2D eigenvalue weighted by Gasteiger charge is -2.17. The maximum Gasteiger partial charge on any atom is 0.124 e. The molecule has 0 fully saturated rings. The standard InChI is InChI=1S/C14H12Br2F2N2/c15-10-1-8(2-12(17)6-10)3-14(20-19)9-4-11(16)7-13(18)5-9/h1-2,4-7,14,20H,3,19H2. The van der Waals surface area contributed by atoms with Crippen molar-refractivity contribution >= 4 is 31.9 Å². The molecule has 0 aliphatic heterocycles. The third kappa shape index (κ3) is 4.09. The Hall–Kier alpha value is -0.820. The second kappa shape index (κ2) is 6.76. The van der Waals surface area contributed by atoms with Crippen molar-refractivity contribution in [3.05, 3.63) is 68.1 Å². The Morgan fingerprint density at radius 3 is 2.10 bits per heavy atom. The van der Waals surface area contributed by atoms with Crippen molar-refractivity contribution in [3.63, 3.8) is 0 Å². The minimum atomic E-state index is -0.352. The Kier molecular flexibility index (Phi) is 5.26. The second-order valence-corrected chi connectivity index (χ2v) is 6.24. The van der Waals surface area contributed by atoms with Gasteiger partial charge in [0.15, 0.2) is 0 Å². The molecule has 20 heavy (non-hydrogen) atoms. The summed E-state index contributed by atoms with van der Waals surface area (Å²) in [7, 11) is 0. The van der Waals surface area contributed by atoms with Crippen molar-refractivity contribution in [1.29, 1.82) is 0 Å². The molecular formula is C14H12Br2F2N2. The van der Waals surface area contributed by atoms with E-state index in [-0.39, 0.29) is 17.7 Å². The highest BCUT2D eigenvalue weighted by molar-refractivity contribution is 9.10. The number of hydrogen-bond acceptors (Lipinski definition) is 2. The van der Waals surface area contributed by atoms with Gasteiger partial charge < -0.3 is 0 Å². The van der Waals surface area contributed by atoms with Crippen LogP contribution in [0, 0.1) is 11.6 Å². The van der Waals surface area contributed by atoms with Crippen LogP contribution < -0.4 is 11.3 Å². The van der Waals surface area contributed by atoms with Crippen molar-refractivity contribution in [2.75, 3.05) is 0 Å². The van der Waals surface area contributed by atoms with Gasteiger partial charge in [-0.05, 0) is 53.9 Å². The Balaban J connectivity index is 2.28. The monoisotopic (exact) mass is 404 g/mol. The zero-order valence-electron chi connectivity index (χ0n) is 10.3. The van der Waals surface area contributed by atoms with Gasteiger partial charge in [-0.1, -0.05) is 31.9 Å². The zero-order chi connectivity index (χ0) is 14.7. The van der Waals surface area contributed by atoms with Gasteiger partial charge in [0.2, 0.25) is 0 Å². The summed E-state index contributed by atoms with van der Waals surface area (Å²) in [5.74, 6) is 4.86. The average molecular weight is 406 g/mol. The lowest BCUT2D eigenvalue weighted by Crippen LogP contribution is -2.29. The molecule has 6 heteroatoms. The van der Waals surface area contributed by atoms with Gasteiger partial charge >= 0.3 is 0 Å². The Bertz CT molecular complexity index is 580. The summed E-state index contributed by atoms with van der Waals surface area (Å²) in [5.41, 5.74) is 4.09. The molecule has 2 aromatic rings. The van der Waals surface area contributed by atoms with Crippen molar-refractivity contribution in [1.82, 2.24) is 5.43 Å². The predicted molar refractivity (Wildman–Crippen MR) is 82.0 cm³/mol. The van der Waals surface area contributed by atoms with E-state index in [1.807, 2.05) is 6.07 Å². The zero-order valence-corrected chi connectivity index (χ0v) is 13.5. The van der Waals surface area contributed by atoms with E-state index in [9.17, 15) is 8.78 Å². The van der Waals surface area contributed by atoms with E-state index < -0.39 is 0 Å². The first-order valence-electron chi connectivity index (χ1n) is 5.85. The summed E-state index contributed by atoms with van der Waals surface area (Å²) in [5, 5.41) is 0. The molecule has 0 aliphatic carbocycles. The third-order valence-electron chi connectivity index (χ3n) is 2.85. The van der Waals surface area contributed by atoms with Gasteiger partial charge in [0.05, 0.1) is 6.04 Å². The van der Waals surface area contributed by atoms with Crippen molar-refractivity contribution in [3.8, 4) is 0 Å². The van der Waals surface area contributed by atoms with Gasteiger partial charge in [0.1, 0.15) is 11.6 Å². The van der Waals surface area contributed by atoms with Crippen LogP contribution in [-0.2, 0) is 6.42 Å². The first kappa shape index (κ1) is 15.6. The predicted octanol–water partition coefficient (Wildman–Crippen LogP) is 4.24. The van der Waals surface area contributed by atoms with E-state index in [0.717, 1.165) is 5.56 Å². The first-order chi connectivity index (χ1) is 9.47. The van der Waals surface area contributed by atoms with Crippen LogP contribution in [0.4, 0.5) is 8.78 Å². The Morgan fingerprint density at radius 2 is 1.55 bits per heavy atom. The van der Waals surface area contributed by atoms with Crippen LogP contribution in [0.25, 0.3) is 0 Å². The molecule has 0 aliphatic rings. The molecule has 3 N–H and O–H groups in total. The normalized spacial score (nSPS) is 12.4. The molecule has 2 aromatic carbocycles. The first-order valence-corrected chi connectivity index (χ1v) is 7.43. The summed E-state index contributed by atoms with van der Waals surface area (Å²) in [6.07, 6.45) is 0.447. The lowest BCUT2D eigenvalue weighted by molar-refractivity contribution is 0.541. The van der Waals surface area contributed by atoms with Gasteiger partial charge in [0, 0.05) is 8.95 Å². The quantitative estimate of drug-likeness (QED) is 0.589. The van der Waals surface area contributed by atoms with Gasteiger partial charge in [0.25, 0.3) is 0 Å². The van der Waals surface area contributed by atoms with Crippen molar-refractivity contribution in [2.45, 2.75) is 12.5 Å². The summed E-state index contributed by atoms with van der Waals surface area (Å²) >= 11 is 6.49. The molecule has 0 amide bonds. The fourth-order valence-corrected chi connectivity index (χ4v) is 3.01. The topological polar surface area (TPSA) is 38.0 Å². The fraction of sp³-hybridized carbons (Fsp3) is 0.143. The van der Waals surface area contributed by atoms with E-state index >= 15 is 0 Å². The summed E-state index contributed by atoms with van der Waals surface area (Å²) in [6, 6.07) is 8.87. The van der Waals surface area contributed by atoms with Crippen LogP contribution in [0.3, 0.4) is 0 Å². The molecule has 106 valence electrons. The average Bonchev–Trinajstić information content (AvgIpc) is 2.33. The van der Waals surface area contributed by atoms with Gasteiger partial charge in [-0.15, -0.1) is 0 Å². The van der Waals surface area contributed by atoms with E-state index in [0.29, 0.717) is 20.9 Å². The summed E-state index contributed by atoms with van der Waals surface area (Å²) in [6.45, 7) is 0. The van der Waals surface area contributed by atoms with Crippen LogP contribution in [-0.4, -0.2) is 0 Å². The van der Waals surface area contributed by atoms with Gasteiger partial charge in [-0.25, -0.2) is 8.78 Å². The number of hydrogen-bond donors (Lipinski definition) is 2. The number of hydrazine groups is 1. The summed E-state index contributed by atoms with van der Waals surface area (Å²) in [4.78, 5) is 0. The van der Waals surface area contributed by atoms with Crippen LogP contribution in [0.15, 0.2) is 45.3 Å². The number of halogens is 4. The van der Waals surface area contributed by atoms with Crippen LogP contribution in [0.5, 0.6) is 0 Å². The molecule has 1 atom stereocenters. The second-order valence-electron chi connectivity index (χ2n) is 4.40. The van der Waals surface area contributed by atoms with Crippen LogP contribution >= 0.6 is 31.9 Å². The van der Waals surface area contributed by atoms with Crippen LogP contribution in [0.2, 0.25) is 0 Å². The van der Waals surface area contributed by atoms with Crippen molar-refractivity contribution < 1.29 is 8.78 Å². The molecule has 1 unspecified atom stereocenters. The molecular weight excluding hydrogens is 394 g/mol. The number of rotatable bonds is 4. The highest BCUT2D eigenvalue weighted by atomic mass is 79.9. The fourth-order valence-electron chi connectivity index (χ4n) is 2.01. The minimum Gasteiger partial charge on any atom is -0.271 e. The van der Waals surface area contributed by atoms with Crippen molar-refractivity contribution in [2.24, 2.45) is 5.84 Å². The Labute approximate surface area is 132 Å². The van der Waals surface area contributed by atoms with Gasteiger partial charge in [-0.3, -0.25) is 11.3 Å². The molecule has 0 aromatic heterocycles. The molecule has 0 bridgehead atoms. The van der Waals surface area contributed by atoms with E-state index in [4.69, 9.17) is 5.84 Å². The lowest BCUT2D eigenvalue weighted by atomic mass is 9.99. The SMILES string of the molecule is NNC(Cc1cc(F)cc(Br)c1)c1cc(F)cc(Br)c1. The maximum absolute atomic E-state index is 13.4. The number of benzene rings is 2. The molecule has 0 saturated carbocycles. The van der Waals surface area contributed by atoms with Crippen LogP contribution in [0.1, 0.15) is 17.2 Å². The van der Waals surface area contributed by atoms with E-state index in [1.165, 1.54) is 24.3 Å². The molecule has 0 spiro atoms. The molecule has 0 heterocycles. The Morgan fingerprint density at radius 1 is 0.950 bits per heavy atom. The van der Waals surface area contributed by atoms with E-state index in [2.05, 4.69) is 37.3 Å². The molecule has 0 saturated heterocycles. The number of nitrogens with two attached hydrogens (primary N) is 1. The molecule has 2 rings (SSSR count).